The number of aliphatic hydroxyl groups is 1. The van der Waals surface area contributed by atoms with Crippen LogP contribution in [0, 0.1) is 0 Å². The van der Waals surface area contributed by atoms with Crippen LogP contribution in [0.25, 0.3) is 10.6 Å². The van der Waals surface area contributed by atoms with Crippen LogP contribution in [-0.4, -0.2) is 34.2 Å². The summed E-state index contributed by atoms with van der Waals surface area (Å²) in [6, 6.07) is 3.77. The van der Waals surface area contributed by atoms with Gasteiger partial charge in [0.25, 0.3) is 5.91 Å². The SMILES string of the molecule is CCN(CC)C(=O)c1c(-c2cccs2)noc1[C@H](C)O. The minimum atomic E-state index is -0.870. The maximum Gasteiger partial charge on any atom is 0.259 e. The van der Waals surface area contributed by atoms with Crippen molar-refractivity contribution in [1.82, 2.24) is 10.1 Å². The molecular formula is C14H18N2O3S. The van der Waals surface area contributed by atoms with E-state index in [1.165, 1.54) is 11.3 Å². The fourth-order valence-corrected chi connectivity index (χ4v) is 2.76. The number of rotatable bonds is 5. The van der Waals surface area contributed by atoms with Gasteiger partial charge in [-0.05, 0) is 32.2 Å². The van der Waals surface area contributed by atoms with E-state index in [1.807, 2.05) is 31.4 Å². The molecule has 1 N–H and O–H groups in total. The first-order valence-electron chi connectivity index (χ1n) is 6.60. The van der Waals surface area contributed by atoms with Gasteiger partial charge in [0.15, 0.2) is 5.76 Å². The van der Waals surface area contributed by atoms with Crippen LogP contribution in [0.5, 0.6) is 0 Å². The van der Waals surface area contributed by atoms with Crippen molar-refractivity contribution < 1.29 is 14.4 Å². The molecule has 0 aliphatic heterocycles. The van der Waals surface area contributed by atoms with Crippen molar-refractivity contribution in [3.05, 3.63) is 28.8 Å². The fourth-order valence-electron chi connectivity index (χ4n) is 2.05. The zero-order valence-corrected chi connectivity index (χ0v) is 12.6. The second kappa shape index (κ2) is 6.19. The monoisotopic (exact) mass is 294 g/mol. The molecule has 0 saturated heterocycles. The van der Waals surface area contributed by atoms with Gasteiger partial charge in [0.05, 0.1) is 4.88 Å². The van der Waals surface area contributed by atoms with Gasteiger partial charge >= 0.3 is 0 Å². The number of amides is 1. The van der Waals surface area contributed by atoms with Crippen LogP contribution in [0.2, 0.25) is 0 Å². The lowest BCUT2D eigenvalue weighted by molar-refractivity contribution is 0.0761. The Kier molecular flexibility index (Phi) is 4.57. The third-order valence-corrected chi connectivity index (χ3v) is 3.99. The van der Waals surface area contributed by atoms with E-state index >= 15 is 0 Å². The Morgan fingerprint density at radius 1 is 1.50 bits per heavy atom. The minimum absolute atomic E-state index is 0.157. The molecule has 0 radical (unpaired) electrons. The number of carbonyl (C=O) groups excluding carboxylic acids is 1. The van der Waals surface area contributed by atoms with E-state index in [0.717, 1.165) is 4.88 Å². The lowest BCUT2D eigenvalue weighted by Crippen LogP contribution is -2.31. The summed E-state index contributed by atoms with van der Waals surface area (Å²) in [5.41, 5.74) is 0.874. The van der Waals surface area contributed by atoms with E-state index < -0.39 is 6.10 Å². The largest absolute Gasteiger partial charge is 0.385 e. The highest BCUT2D eigenvalue weighted by Gasteiger charge is 2.29. The first-order chi connectivity index (χ1) is 9.60. The molecule has 0 aliphatic carbocycles. The lowest BCUT2D eigenvalue weighted by Gasteiger charge is -2.19. The van der Waals surface area contributed by atoms with Crippen molar-refractivity contribution in [2.45, 2.75) is 26.9 Å². The van der Waals surface area contributed by atoms with Gasteiger partial charge in [-0.15, -0.1) is 11.3 Å². The van der Waals surface area contributed by atoms with Crippen LogP contribution in [0.1, 0.15) is 43.0 Å². The molecule has 0 aromatic carbocycles. The van der Waals surface area contributed by atoms with Crippen LogP contribution in [0.4, 0.5) is 0 Å². The zero-order chi connectivity index (χ0) is 14.7. The third-order valence-electron chi connectivity index (χ3n) is 3.12. The summed E-state index contributed by atoms with van der Waals surface area (Å²) < 4.78 is 5.20. The second-order valence-corrected chi connectivity index (χ2v) is 5.35. The summed E-state index contributed by atoms with van der Waals surface area (Å²) in [5.74, 6) is 0.0702. The van der Waals surface area contributed by atoms with Crippen molar-refractivity contribution in [3.8, 4) is 10.6 Å². The molecule has 2 heterocycles. The molecule has 1 amide bonds. The van der Waals surface area contributed by atoms with Gasteiger partial charge in [-0.2, -0.15) is 0 Å². The summed E-state index contributed by atoms with van der Waals surface area (Å²) in [4.78, 5) is 15.2. The molecule has 108 valence electrons. The summed E-state index contributed by atoms with van der Waals surface area (Å²) in [5, 5.41) is 15.7. The standard InChI is InChI=1S/C14H18N2O3S/c1-4-16(5-2)14(18)11-12(10-7-6-8-20-10)15-19-13(11)9(3)17/h6-9,17H,4-5H2,1-3H3/t9-/m0/s1. The lowest BCUT2D eigenvalue weighted by atomic mass is 10.1. The van der Waals surface area contributed by atoms with Crippen molar-refractivity contribution in [1.29, 1.82) is 0 Å². The molecule has 2 aromatic rings. The second-order valence-electron chi connectivity index (χ2n) is 4.40. The maximum atomic E-state index is 12.6. The average Bonchev–Trinajstić information content (AvgIpc) is 3.08. The van der Waals surface area contributed by atoms with Crippen molar-refractivity contribution in [2.24, 2.45) is 0 Å². The number of aliphatic hydroxyl groups excluding tert-OH is 1. The average molecular weight is 294 g/mol. The molecular weight excluding hydrogens is 276 g/mol. The Morgan fingerprint density at radius 2 is 2.20 bits per heavy atom. The number of aromatic nitrogens is 1. The molecule has 0 aliphatic rings. The predicted octanol–water partition coefficient (Wildman–Crippen LogP) is 2.94. The van der Waals surface area contributed by atoms with E-state index in [2.05, 4.69) is 5.16 Å². The molecule has 6 heteroatoms. The van der Waals surface area contributed by atoms with E-state index in [0.29, 0.717) is 24.3 Å². The molecule has 0 spiro atoms. The van der Waals surface area contributed by atoms with E-state index in [4.69, 9.17) is 4.52 Å². The molecule has 2 aromatic heterocycles. The molecule has 5 nitrogen and oxygen atoms in total. The summed E-state index contributed by atoms with van der Waals surface area (Å²) >= 11 is 1.48. The maximum absolute atomic E-state index is 12.6. The highest BCUT2D eigenvalue weighted by atomic mass is 32.1. The minimum Gasteiger partial charge on any atom is -0.385 e. The van der Waals surface area contributed by atoms with E-state index in [1.54, 1.807) is 11.8 Å². The summed E-state index contributed by atoms with van der Waals surface area (Å²) in [7, 11) is 0. The van der Waals surface area contributed by atoms with Gasteiger partial charge in [-0.1, -0.05) is 11.2 Å². The van der Waals surface area contributed by atoms with Crippen molar-refractivity contribution in [3.63, 3.8) is 0 Å². The highest BCUT2D eigenvalue weighted by molar-refractivity contribution is 7.13. The number of hydrogen-bond donors (Lipinski definition) is 1. The molecule has 0 bridgehead atoms. The molecule has 0 fully saturated rings. The molecule has 2 rings (SSSR count). The summed E-state index contributed by atoms with van der Waals surface area (Å²) in [6.07, 6.45) is -0.870. The normalized spacial score (nSPS) is 12.4. The van der Waals surface area contributed by atoms with Crippen LogP contribution < -0.4 is 0 Å². The van der Waals surface area contributed by atoms with Gasteiger partial charge in [0.1, 0.15) is 17.4 Å². The predicted molar refractivity (Wildman–Crippen MR) is 77.7 cm³/mol. The van der Waals surface area contributed by atoms with E-state index in [-0.39, 0.29) is 11.7 Å². The van der Waals surface area contributed by atoms with Gasteiger partial charge < -0.3 is 14.5 Å². The Hall–Kier alpha value is -1.66. The number of nitrogens with zero attached hydrogens (tertiary/aromatic N) is 2. The molecule has 1 atom stereocenters. The number of carbonyl (C=O) groups is 1. The smallest absolute Gasteiger partial charge is 0.259 e. The first kappa shape index (κ1) is 14.7. The number of thiophene rings is 1. The van der Waals surface area contributed by atoms with Gasteiger partial charge in [0, 0.05) is 13.1 Å². The summed E-state index contributed by atoms with van der Waals surface area (Å²) in [6.45, 7) is 6.61. The Labute approximate surface area is 121 Å². The molecule has 0 unspecified atom stereocenters. The fraction of sp³-hybridized carbons (Fsp3) is 0.429. The van der Waals surface area contributed by atoms with Gasteiger partial charge in [-0.3, -0.25) is 4.79 Å². The van der Waals surface area contributed by atoms with Crippen molar-refractivity contribution in [2.75, 3.05) is 13.1 Å². The number of hydrogen-bond acceptors (Lipinski definition) is 5. The zero-order valence-electron chi connectivity index (χ0n) is 11.8. The highest BCUT2D eigenvalue weighted by Crippen LogP contribution is 2.32. The Balaban J connectivity index is 2.53. The van der Waals surface area contributed by atoms with Gasteiger partial charge in [-0.25, -0.2) is 0 Å². The molecule has 0 saturated carbocycles. The van der Waals surface area contributed by atoms with Crippen LogP contribution in [0.3, 0.4) is 0 Å². The Bertz CT molecular complexity index is 571. The van der Waals surface area contributed by atoms with Gasteiger partial charge in [0.2, 0.25) is 0 Å². The van der Waals surface area contributed by atoms with E-state index in [9.17, 15) is 9.90 Å². The quantitative estimate of drug-likeness (QED) is 0.920. The van der Waals surface area contributed by atoms with Crippen LogP contribution in [0.15, 0.2) is 22.0 Å². The van der Waals surface area contributed by atoms with Crippen LogP contribution in [-0.2, 0) is 0 Å². The van der Waals surface area contributed by atoms with Crippen LogP contribution >= 0.6 is 11.3 Å². The first-order valence-corrected chi connectivity index (χ1v) is 7.48. The Morgan fingerprint density at radius 3 is 2.70 bits per heavy atom. The van der Waals surface area contributed by atoms with Crippen molar-refractivity contribution >= 4 is 17.2 Å². The topological polar surface area (TPSA) is 66.6 Å². The molecule has 20 heavy (non-hydrogen) atoms. The third kappa shape index (κ3) is 2.62.